The number of rotatable bonds is 8. The smallest absolute Gasteiger partial charge is 0.137 e. The summed E-state index contributed by atoms with van der Waals surface area (Å²) in [7, 11) is 1.65. The van der Waals surface area contributed by atoms with Gasteiger partial charge in [-0.2, -0.15) is 0 Å². The molecule has 0 aliphatic rings. The van der Waals surface area contributed by atoms with Gasteiger partial charge in [-0.15, -0.1) is 0 Å². The van der Waals surface area contributed by atoms with Crippen LogP contribution in [0.3, 0.4) is 0 Å². The normalized spacial score (nSPS) is 10.4. The van der Waals surface area contributed by atoms with Crippen molar-refractivity contribution in [1.82, 2.24) is 4.98 Å². The first-order chi connectivity index (χ1) is 7.83. The zero-order valence-corrected chi connectivity index (χ0v) is 10.1. The van der Waals surface area contributed by atoms with Crippen molar-refractivity contribution in [3.63, 3.8) is 0 Å². The van der Waals surface area contributed by atoms with Crippen LogP contribution in [-0.4, -0.2) is 38.5 Å². The molecule has 90 valence electrons. The predicted octanol–water partition coefficient (Wildman–Crippen LogP) is 2.17. The summed E-state index contributed by atoms with van der Waals surface area (Å²) in [5.41, 5.74) is 0. The summed E-state index contributed by atoms with van der Waals surface area (Å²) < 4.78 is 15.6. The van der Waals surface area contributed by atoms with Crippen molar-refractivity contribution < 1.29 is 14.2 Å². The number of halogens is 1. The number of methoxy groups -OCH3 is 1. The third-order valence-corrected chi connectivity index (χ3v) is 2.06. The maximum absolute atomic E-state index is 5.65. The van der Waals surface area contributed by atoms with E-state index in [0.29, 0.717) is 31.6 Å². The highest BCUT2D eigenvalue weighted by Crippen LogP contribution is 2.11. The molecular weight excluding hydrogens is 230 g/mol. The number of hydrogen-bond acceptors (Lipinski definition) is 4. The fraction of sp³-hybridized carbons (Fsp3) is 0.545. The maximum Gasteiger partial charge on any atom is 0.137 e. The summed E-state index contributed by atoms with van der Waals surface area (Å²) in [5.74, 6) is 0.723. The van der Waals surface area contributed by atoms with Crippen molar-refractivity contribution in [3.05, 3.63) is 23.5 Å². The van der Waals surface area contributed by atoms with E-state index in [1.165, 1.54) is 0 Å². The minimum atomic E-state index is 0.468. The van der Waals surface area contributed by atoms with Gasteiger partial charge < -0.3 is 14.2 Å². The van der Waals surface area contributed by atoms with E-state index in [-0.39, 0.29) is 0 Å². The van der Waals surface area contributed by atoms with Gasteiger partial charge in [0.25, 0.3) is 0 Å². The van der Waals surface area contributed by atoms with Crippen LogP contribution in [0.1, 0.15) is 6.42 Å². The molecule has 0 atom stereocenters. The molecule has 16 heavy (non-hydrogen) atoms. The Bertz CT molecular complexity index is 279. The summed E-state index contributed by atoms with van der Waals surface area (Å²) >= 11 is 5.65. The highest BCUT2D eigenvalue weighted by atomic mass is 35.5. The zero-order chi connectivity index (χ0) is 11.6. The molecule has 5 heteroatoms. The van der Waals surface area contributed by atoms with Crippen molar-refractivity contribution in [1.29, 1.82) is 0 Å². The Kier molecular flexibility index (Phi) is 6.88. The summed E-state index contributed by atoms with van der Waals surface area (Å²) in [5, 5.41) is 0.468. The highest BCUT2D eigenvalue weighted by molar-refractivity contribution is 6.29. The van der Waals surface area contributed by atoms with Crippen LogP contribution in [0.25, 0.3) is 0 Å². The van der Waals surface area contributed by atoms with Crippen molar-refractivity contribution >= 4 is 11.6 Å². The molecule has 0 bridgehead atoms. The molecule has 1 aromatic heterocycles. The molecule has 0 unspecified atom stereocenters. The number of aromatic nitrogens is 1. The van der Waals surface area contributed by atoms with Gasteiger partial charge in [0.05, 0.1) is 26.0 Å². The predicted molar refractivity (Wildman–Crippen MR) is 62.1 cm³/mol. The molecule has 4 nitrogen and oxygen atoms in total. The van der Waals surface area contributed by atoms with E-state index >= 15 is 0 Å². The molecule has 0 aliphatic heterocycles. The van der Waals surface area contributed by atoms with Gasteiger partial charge in [0, 0.05) is 20.1 Å². The Morgan fingerprint density at radius 2 is 2.06 bits per heavy atom. The molecule has 1 heterocycles. The first-order valence-electron chi connectivity index (χ1n) is 5.14. The standard InChI is InChI=1S/C11H16ClNO3/c1-14-7-8-15-5-2-6-16-10-3-4-11(12)13-9-10/h3-4,9H,2,5-8H2,1H3. The van der Waals surface area contributed by atoms with Gasteiger partial charge >= 0.3 is 0 Å². The minimum absolute atomic E-state index is 0.468. The van der Waals surface area contributed by atoms with Crippen LogP contribution in [-0.2, 0) is 9.47 Å². The Hall–Kier alpha value is -0.840. The average Bonchev–Trinajstić information content (AvgIpc) is 2.30. The molecule has 0 N–H and O–H groups in total. The van der Waals surface area contributed by atoms with Crippen molar-refractivity contribution in [2.24, 2.45) is 0 Å². The summed E-state index contributed by atoms with van der Waals surface area (Å²) in [4.78, 5) is 3.91. The van der Waals surface area contributed by atoms with Gasteiger partial charge in [0.15, 0.2) is 0 Å². The second-order valence-electron chi connectivity index (χ2n) is 3.12. The van der Waals surface area contributed by atoms with Crippen LogP contribution in [0.5, 0.6) is 5.75 Å². The Labute approximate surface area is 100 Å². The van der Waals surface area contributed by atoms with E-state index in [9.17, 15) is 0 Å². The Morgan fingerprint density at radius 3 is 2.75 bits per heavy atom. The van der Waals surface area contributed by atoms with E-state index in [1.807, 2.05) is 0 Å². The number of pyridine rings is 1. The van der Waals surface area contributed by atoms with Crippen molar-refractivity contribution in [2.75, 3.05) is 33.5 Å². The average molecular weight is 246 g/mol. The van der Waals surface area contributed by atoms with Gasteiger partial charge in [-0.3, -0.25) is 0 Å². The minimum Gasteiger partial charge on any atom is -0.492 e. The first kappa shape index (κ1) is 13.2. The van der Waals surface area contributed by atoms with Gasteiger partial charge in [-0.25, -0.2) is 4.98 Å². The number of ether oxygens (including phenoxy) is 3. The summed E-state index contributed by atoms with van der Waals surface area (Å²) in [6.45, 7) is 2.53. The molecular formula is C11H16ClNO3. The molecule has 0 aliphatic carbocycles. The fourth-order valence-corrected chi connectivity index (χ4v) is 1.15. The quantitative estimate of drug-likeness (QED) is 0.520. The fourth-order valence-electron chi connectivity index (χ4n) is 1.04. The highest BCUT2D eigenvalue weighted by Gasteiger charge is 1.95. The molecule has 0 aromatic carbocycles. The number of nitrogens with zero attached hydrogens (tertiary/aromatic N) is 1. The monoisotopic (exact) mass is 245 g/mol. The third kappa shape index (κ3) is 5.90. The molecule has 1 rings (SSSR count). The lowest BCUT2D eigenvalue weighted by Crippen LogP contribution is -2.06. The van der Waals surface area contributed by atoms with Gasteiger partial charge in [-0.05, 0) is 12.1 Å². The van der Waals surface area contributed by atoms with Crippen LogP contribution in [0, 0.1) is 0 Å². The number of hydrogen-bond donors (Lipinski definition) is 0. The largest absolute Gasteiger partial charge is 0.492 e. The van der Waals surface area contributed by atoms with Gasteiger partial charge in [0.2, 0.25) is 0 Å². The van der Waals surface area contributed by atoms with Crippen molar-refractivity contribution in [2.45, 2.75) is 6.42 Å². The van der Waals surface area contributed by atoms with Crippen LogP contribution in [0.15, 0.2) is 18.3 Å². The van der Waals surface area contributed by atoms with E-state index in [4.69, 9.17) is 25.8 Å². The van der Waals surface area contributed by atoms with Gasteiger partial charge in [-0.1, -0.05) is 11.6 Å². The Balaban J connectivity index is 2.01. The van der Waals surface area contributed by atoms with E-state index in [0.717, 1.165) is 12.2 Å². The molecule has 0 spiro atoms. The SMILES string of the molecule is COCCOCCCOc1ccc(Cl)nc1. The second kappa shape index (κ2) is 8.33. The molecule has 1 aromatic rings. The van der Waals surface area contributed by atoms with E-state index < -0.39 is 0 Å². The van der Waals surface area contributed by atoms with E-state index in [1.54, 1.807) is 25.4 Å². The molecule has 0 saturated carbocycles. The Morgan fingerprint density at radius 1 is 1.19 bits per heavy atom. The zero-order valence-electron chi connectivity index (χ0n) is 9.32. The third-order valence-electron chi connectivity index (χ3n) is 1.83. The lowest BCUT2D eigenvalue weighted by atomic mass is 10.4. The maximum atomic E-state index is 5.65. The molecule has 0 radical (unpaired) electrons. The first-order valence-corrected chi connectivity index (χ1v) is 5.52. The molecule has 0 amide bonds. The lowest BCUT2D eigenvalue weighted by Gasteiger charge is -2.06. The topological polar surface area (TPSA) is 40.6 Å². The van der Waals surface area contributed by atoms with Crippen LogP contribution < -0.4 is 4.74 Å². The second-order valence-corrected chi connectivity index (χ2v) is 3.51. The summed E-state index contributed by atoms with van der Waals surface area (Å²) in [6, 6.07) is 3.49. The van der Waals surface area contributed by atoms with Gasteiger partial charge in [0.1, 0.15) is 10.9 Å². The van der Waals surface area contributed by atoms with Crippen molar-refractivity contribution in [3.8, 4) is 5.75 Å². The lowest BCUT2D eigenvalue weighted by molar-refractivity contribution is 0.0644. The molecule has 0 saturated heterocycles. The van der Waals surface area contributed by atoms with Crippen LogP contribution in [0.2, 0.25) is 5.15 Å². The summed E-state index contributed by atoms with van der Waals surface area (Å²) in [6.07, 6.45) is 2.44. The van der Waals surface area contributed by atoms with Crippen LogP contribution in [0.4, 0.5) is 0 Å². The van der Waals surface area contributed by atoms with E-state index in [2.05, 4.69) is 4.98 Å². The molecule has 0 fully saturated rings. The van der Waals surface area contributed by atoms with Crippen LogP contribution >= 0.6 is 11.6 Å².